The number of aliphatic hydroxyl groups is 1. The fourth-order valence-electron chi connectivity index (χ4n) is 2.41. The molecule has 3 atom stereocenters. The van der Waals surface area contributed by atoms with Crippen molar-refractivity contribution in [3.63, 3.8) is 0 Å². The zero-order valence-electron chi connectivity index (χ0n) is 11.6. The minimum absolute atomic E-state index is 0.112. The van der Waals surface area contributed by atoms with Gasteiger partial charge >= 0.3 is 117 Å². The predicted octanol–water partition coefficient (Wildman–Crippen LogP) is 2.39. The molecule has 4 heteroatoms. The molecule has 106 valence electrons. The van der Waals surface area contributed by atoms with E-state index in [0.29, 0.717) is 37.9 Å². The SMILES string of the molecule is CCC(CC(C)=O)[Se]COCC1CCCC(O)C1. The second-order valence-electron chi connectivity index (χ2n) is 5.28. The molecule has 1 fully saturated rings. The molecule has 3 unspecified atom stereocenters. The van der Waals surface area contributed by atoms with Crippen LogP contribution in [-0.2, 0) is 9.53 Å². The van der Waals surface area contributed by atoms with Crippen LogP contribution in [0.4, 0.5) is 0 Å². The van der Waals surface area contributed by atoms with Crippen molar-refractivity contribution in [2.24, 2.45) is 5.92 Å². The van der Waals surface area contributed by atoms with Gasteiger partial charge in [-0.1, -0.05) is 0 Å². The quantitative estimate of drug-likeness (QED) is 0.551. The number of rotatable bonds is 8. The Morgan fingerprint density at radius 1 is 1.50 bits per heavy atom. The van der Waals surface area contributed by atoms with E-state index in [-0.39, 0.29) is 6.10 Å². The van der Waals surface area contributed by atoms with E-state index in [1.807, 2.05) is 0 Å². The molecular weight excluding hydrogens is 295 g/mol. The van der Waals surface area contributed by atoms with Crippen molar-refractivity contribution < 1.29 is 14.6 Å². The Kier molecular flexibility index (Phi) is 8.16. The second-order valence-corrected chi connectivity index (χ2v) is 7.87. The number of aliphatic hydroxyl groups excluding tert-OH is 1. The van der Waals surface area contributed by atoms with Gasteiger partial charge in [0.2, 0.25) is 0 Å². The van der Waals surface area contributed by atoms with Crippen LogP contribution in [0.25, 0.3) is 0 Å². The van der Waals surface area contributed by atoms with Gasteiger partial charge in [-0.2, -0.15) is 0 Å². The van der Waals surface area contributed by atoms with Gasteiger partial charge in [-0.25, -0.2) is 0 Å². The summed E-state index contributed by atoms with van der Waals surface area (Å²) in [4.78, 5) is 11.6. The number of hydrogen-bond donors (Lipinski definition) is 1. The summed E-state index contributed by atoms with van der Waals surface area (Å²) in [6.07, 6.45) is 5.84. The van der Waals surface area contributed by atoms with Crippen LogP contribution in [-0.4, -0.2) is 44.1 Å². The Hall–Kier alpha value is 0.109. The minimum atomic E-state index is -0.112. The van der Waals surface area contributed by atoms with Crippen molar-refractivity contribution >= 4 is 20.7 Å². The molecule has 1 rings (SSSR count). The summed E-state index contributed by atoms with van der Waals surface area (Å²) in [5, 5.41) is 9.57. The van der Waals surface area contributed by atoms with Gasteiger partial charge in [0.15, 0.2) is 0 Å². The summed E-state index contributed by atoms with van der Waals surface area (Å²) < 4.78 is 5.74. The Balaban J connectivity index is 2.08. The van der Waals surface area contributed by atoms with E-state index in [2.05, 4.69) is 6.92 Å². The standard InChI is InChI=1S/C14H26O3Se/c1-3-14(7-11(2)15)18-10-17-9-12-5-4-6-13(16)8-12/h12-14,16H,3-10H2,1-2H3. The summed E-state index contributed by atoms with van der Waals surface area (Å²) in [6, 6.07) is 0. The van der Waals surface area contributed by atoms with Crippen LogP contribution in [0.15, 0.2) is 0 Å². The number of Topliss-reactive ketones (excluding diaryl/α,β-unsaturated/α-hetero) is 1. The Morgan fingerprint density at radius 3 is 2.89 bits per heavy atom. The van der Waals surface area contributed by atoms with E-state index >= 15 is 0 Å². The fraction of sp³-hybridized carbons (Fsp3) is 0.929. The molecule has 0 spiro atoms. The topological polar surface area (TPSA) is 46.5 Å². The van der Waals surface area contributed by atoms with E-state index in [1.165, 1.54) is 6.42 Å². The molecule has 0 aromatic carbocycles. The normalized spacial score (nSPS) is 25.9. The third-order valence-corrected chi connectivity index (χ3v) is 6.14. The van der Waals surface area contributed by atoms with Crippen molar-refractivity contribution in [1.82, 2.24) is 0 Å². The average molecular weight is 321 g/mol. The molecule has 0 bridgehead atoms. The molecular formula is C14H26O3Se. The third kappa shape index (κ3) is 6.89. The first-order valence-corrected chi connectivity index (χ1v) is 9.18. The van der Waals surface area contributed by atoms with E-state index in [9.17, 15) is 9.90 Å². The number of ketones is 1. The van der Waals surface area contributed by atoms with Crippen molar-refractivity contribution in [2.75, 3.05) is 12.1 Å². The molecule has 1 aliphatic rings. The summed E-state index contributed by atoms with van der Waals surface area (Å²) in [7, 11) is 0. The van der Waals surface area contributed by atoms with Gasteiger partial charge in [0.1, 0.15) is 0 Å². The van der Waals surface area contributed by atoms with Crippen LogP contribution in [0.2, 0.25) is 4.82 Å². The molecule has 0 radical (unpaired) electrons. The summed E-state index contributed by atoms with van der Waals surface area (Å²) in [5.41, 5.74) is 0.811. The molecule has 0 amide bonds. The van der Waals surface area contributed by atoms with Crippen LogP contribution < -0.4 is 0 Å². The molecule has 0 saturated heterocycles. The predicted molar refractivity (Wildman–Crippen MR) is 73.9 cm³/mol. The maximum atomic E-state index is 11.1. The summed E-state index contributed by atoms with van der Waals surface area (Å²) in [6.45, 7) is 4.60. The molecule has 1 saturated carbocycles. The first kappa shape index (κ1) is 16.2. The maximum absolute atomic E-state index is 11.1. The molecule has 0 heterocycles. The zero-order valence-corrected chi connectivity index (χ0v) is 13.3. The molecule has 0 aromatic heterocycles. The molecule has 0 aromatic rings. The number of hydrogen-bond acceptors (Lipinski definition) is 3. The Morgan fingerprint density at radius 2 is 2.28 bits per heavy atom. The van der Waals surface area contributed by atoms with E-state index < -0.39 is 0 Å². The van der Waals surface area contributed by atoms with Gasteiger partial charge in [0, 0.05) is 0 Å². The summed E-state index contributed by atoms with van der Waals surface area (Å²) >= 11 is 0.410. The van der Waals surface area contributed by atoms with Crippen LogP contribution >= 0.6 is 0 Å². The zero-order chi connectivity index (χ0) is 13.4. The van der Waals surface area contributed by atoms with Crippen molar-refractivity contribution in [1.29, 1.82) is 0 Å². The van der Waals surface area contributed by atoms with Gasteiger partial charge in [-0.05, 0) is 0 Å². The summed E-state index contributed by atoms with van der Waals surface area (Å²) in [5.74, 6) is 0.830. The molecule has 1 aliphatic carbocycles. The molecule has 3 nitrogen and oxygen atoms in total. The van der Waals surface area contributed by atoms with Crippen molar-refractivity contribution in [3.8, 4) is 0 Å². The van der Waals surface area contributed by atoms with Crippen LogP contribution in [0.1, 0.15) is 52.4 Å². The van der Waals surface area contributed by atoms with Gasteiger partial charge in [0.05, 0.1) is 0 Å². The molecule has 0 aliphatic heterocycles. The van der Waals surface area contributed by atoms with Gasteiger partial charge in [-0.3, -0.25) is 0 Å². The Bertz CT molecular complexity index is 245. The van der Waals surface area contributed by atoms with Gasteiger partial charge in [-0.15, -0.1) is 0 Å². The van der Waals surface area contributed by atoms with E-state index in [0.717, 1.165) is 37.8 Å². The first-order valence-electron chi connectivity index (χ1n) is 6.98. The molecule has 1 N–H and O–H groups in total. The fourth-order valence-corrected chi connectivity index (χ4v) is 4.46. The first-order chi connectivity index (χ1) is 8.61. The van der Waals surface area contributed by atoms with Gasteiger partial charge < -0.3 is 0 Å². The monoisotopic (exact) mass is 322 g/mol. The van der Waals surface area contributed by atoms with Crippen molar-refractivity contribution in [2.45, 2.75) is 63.3 Å². The van der Waals surface area contributed by atoms with Gasteiger partial charge in [0.25, 0.3) is 0 Å². The number of carbonyl (C=O) groups is 1. The third-order valence-electron chi connectivity index (χ3n) is 3.47. The second kappa shape index (κ2) is 9.08. The van der Waals surface area contributed by atoms with Crippen LogP contribution in [0, 0.1) is 5.92 Å². The Labute approximate surface area is 117 Å². The van der Waals surface area contributed by atoms with E-state index in [1.54, 1.807) is 6.92 Å². The van der Waals surface area contributed by atoms with Crippen LogP contribution in [0.3, 0.4) is 0 Å². The van der Waals surface area contributed by atoms with Crippen LogP contribution in [0.5, 0.6) is 0 Å². The number of ether oxygens (including phenoxy) is 1. The number of carbonyl (C=O) groups excluding carboxylic acids is 1. The molecule has 18 heavy (non-hydrogen) atoms. The van der Waals surface area contributed by atoms with E-state index in [4.69, 9.17) is 4.74 Å². The average Bonchev–Trinajstić information content (AvgIpc) is 2.32. The van der Waals surface area contributed by atoms with Crippen molar-refractivity contribution in [3.05, 3.63) is 0 Å².